The third kappa shape index (κ3) is 5.46. The maximum Gasteiger partial charge on any atom is 0.238 e. The Hall–Kier alpha value is -1.43. The molecular formula is C15H22FNO3S. The molecule has 0 aliphatic heterocycles. The summed E-state index contributed by atoms with van der Waals surface area (Å²) >= 11 is 0. The second-order valence-corrected chi connectivity index (χ2v) is 8.03. The summed E-state index contributed by atoms with van der Waals surface area (Å²) in [5.74, 6) is -0.682. The van der Waals surface area contributed by atoms with Gasteiger partial charge in [-0.3, -0.25) is 4.79 Å². The number of nitrogens with one attached hydrogen (secondary N) is 1. The number of carbonyl (C=O) groups is 1. The number of sulfone groups is 1. The zero-order valence-electron chi connectivity index (χ0n) is 12.8. The van der Waals surface area contributed by atoms with Crippen LogP contribution in [0.5, 0.6) is 0 Å². The van der Waals surface area contributed by atoms with Crippen molar-refractivity contribution in [1.29, 1.82) is 0 Å². The molecule has 0 aliphatic carbocycles. The SMILES string of the molecule is CC(C)C(Cc1ccc(F)cc1)NC(=O)C(C)S(C)(=O)=O. The average Bonchev–Trinajstić information content (AvgIpc) is 2.38. The van der Waals surface area contributed by atoms with E-state index in [1.807, 2.05) is 13.8 Å². The Morgan fingerprint density at radius 3 is 2.14 bits per heavy atom. The third-order valence-electron chi connectivity index (χ3n) is 3.51. The van der Waals surface area contributed by atoms with E-state index in [1.165, 1.54) is 19.1 Å². The minimum Gasteiger partial charge on any atom is -0.352 e. The van der Waals surface area contributed by atoms with Gasteiger partial charge in [-0.1, -0.05) is 26.0 Å². The van der Waals surface area contributed by atoms with Gasteiger partial charge in [-0.15, -0.1) is 0 Å². The van der Waals surface area contributed by atoms with Gasteiger partial charge in [0.2, 0.25) is 5.91 Å². The predicted molar refractivity (Wildman–Crippen MR) is 81.2 cm³/mol. The molecule has 0 saturated heterocycles. The van der Waals surface area contributed by atoms with E-state index in [4.69, 9.17) is 0 Å². The fraction of sp³-hybridized carbons (Fsp3) is 0.533. The fourth-order valence-electron chi connectivity index (χ4n) is 1.82. The van der Waals surface area contributed by atoms with E-state index in [2.05, 4.69) is 5.32 Å². The van der Waals surface area contributed by atoms with Gasteiger partial charge in [0.15, 0.2) is 9.84 Å². The summed E-state index contributed by atoms with van der Waals surface area (Å²) in [5, 5.41) is 1.70. The van der Waals surface area contributed by atoms with Crippen molar-refractivity contribution in [3.63, 3.8) is 0 Å². The van der Waals surface area contributed by atoms with E-state index in [9.17, 15) is 17.6 Å². The van der Waals surface area contributed by atoms with Crippen LogP contribution in [0.2, 0.25) is 0 Å². The first-order valence-corrected chi connectivity index (χ1v) is 8.80. The van der Waals surface area contributed by atoms with Crippen molar-refractivity contribution in [2.24, 2.45) is 5.92 Å². The van der Waals surface area contributed by atoms with Crippen molar-refractivity contribution < 1.29 is 17.6 Å². The van der Waals surface area contributed by atoms with Gasteiger partial charge < -0.3 is 5.32 Å². The van der Waals surface area contributed by atoms with E-state index >= 15 is 0 Å². The molecule has 118 valence electrons. The standard InChI is InChI=1S/C15H22FNO3S/c1-10(2)14(9-12-5-7-13(16)8-6-12)17-15(18)11(3)21(4,19)20/h5-8,10-11,14H,9H2,1-4H3,(H,17,18). The number of carbonyl (C=O) groups excluding carboxylic acids is 1. The molecule has 21 heavy (non-hydrogen) atoms. The summed E-state index contributed by atoms with van der Waals surface area (Å²) in [4.78, 5) is 12.0. The topological polar surface area (TPSA) is 63.2 Å². The van der Waals surface area contributed by atoms with Gasteiger partial charge in [0.25, 0.3) is 0 Å². The van der Waals surface area contributed by atoms with Crippen LogP contribution in [0.15, 0.2) is 24.3 Å². The Morgan fingerprint density at radius 2 is 1.71 bits per heavy atom. The van der Waals surface area contributed by atoms with E-state index in [1.54, 1.807) is 12.1 Å². The Balaban J connectivity index is 2.79. The van der Waals surface area contributed by atoms with E-state index in [-0.39, 0.29) is 17.8 Å². The second-order valence-electron chi connectivity index (χ2n) is 5.66. The molecule has 1 N–H and O–H groups in total. The van der Waals surface area contributed by atoms with Crippen LogP contribution in [-0.2, 0) is 21.1 Å². The van der Waals surface area contributed by atoms with Gasteiger partial charge in [-0.2, -0.15) is 0 Å². The fourth-order valence-corrected chi connectivity index (χ4v) is 2.28. The van der Waals surface area contributed by atoms with Gasteiger partial charge in [0.1, 0.15) is 11.1 Å². The Bertz CT molecular complexity index is 581. The molecule has 2 atom stereocenters. The first-order chi connectivity index (χ1) is 9.61. The molecule has 1 aromatic rings. The van der Waals surface area contributed by atoms with Crippen LogP contribution in [0.25, 0.3) is 0 Å². The Morgan fingerprint density at radius 1 is 1.19 bits per heavy atom. The molecule has 0 saturated carbocycles. The Kier molecular flexibility index (Phi) is 5.89. The van der Waals surface area contributed by atoms with Gasteiger partial charge >= 0.3 is 0 Å². The van der Waals surface area contributed by atoms with Crippen LogP contribution in [0.1, 0.15) is 26.3 Å². The Labute approximate surface area is 125 Å². The normalized spacial score (nSPS) is 14.8. The lowest BCUT2D eigenvalue weighted by atomic mass is 9.96. The first-order valence-electron chi connectivity index (χ1n) is 6.85. The summed E-state index contributed by atoms with van der Waals surface area (Å²) in [6.45, 7) is 5.26. The molecule has 1 amide bonds. The molecule has 2 unspecified atom stereocenters. The third-order valence-corrected chi connectivity index (χ3v) is 5.01. The average molecular weight is 315 g/mol. The van der Waals surface area contributed by atoms with Crippen molar-refractivity contribution in [3.05, 3.63) is 35.6 Å². The van der Waals surface area contributed by atoms with Crippen molar-refractivity contribution in [3.8, 4) is 0 Å². The minimum absolute atomic E-state index is 0.130. The molecule has 1 rings (SSSR count). The molecule has 0 aromatic heterocycles. The van der Waals surface area contributed by atoms with E-state index in [0.29, 0.717) is 6.42 Å². The highest BCUT2D eigenvalue weighted by Gasteiger charge is 2.26. The zero-order chi connectivity index (χ0) is 16.2. The minimum atomic E-state index is -3.41. The van der Waals surface area contributed by atoms with Crippen LogP contribution in [0.4, 0.5) is 4.39 Å². The maximum atomic E-state index is 12.9. The van der Waals surface area contributed by atoms with Crippen molar-refractivity contribution >= 4 is 15.7 Å². The number of amides is 1. The highest BCUT2D eigenvalue weighted by atomic mass is 32.2. The zero-order valence-corrected chi connectivity index (χ0v) is 13.6. The van der Waals surface area contributed by atoms with Crippen LogP contribution >= 0.6 is 0 Å². The number of hydrogen-bond acceptors (Lipinski definition) is 3. The molecule has 0 heterocycles. The summed E-state index contributed by atoms with van der Waals surface area (Å²) < 4.78 is 35.7. The van der Waals surface area contributed by atoms with Crippen LogP contribution in [0, 0.1) is 11.7 Å². The van der Waals surface area contributed by atoms with Crippen LogP contribution in [0.3, 0.4) is 0 Å². The lowest BCUT2D eigenvalue weighted by Gasteiger charge is -2.24. The molecular weight excluding hydrogens is 293 g/mol. The predicted octanol–water partition coefficient (Wildman–Crippen LogP) is 1.94. The summed E-state index contributed by atoms with van der Waals surface area (Å²) in [6, 6.07) is 5.86. The molecule has 0 aliphatic rings. The summed E-state index contributed by atoms with van der Waals surface area (Å²) in [6.07, 6.45) is 1.57. The smallest absolute Gasteiger partial charge is 0.238 e. The van der Waals surface area contributed by atoms with E-state index in [0.717, 1.165) is 11.8 Å². The number of benzene rings is 1. The van der Waals surface area contributed by atoms with Crippen molar-refractivity contribution in [2.45, 2.75) is 38.5 Å². The van der Waals surface area contributed by atoms with Gasteiger partial charge in [0, 0.05) is 12.3 Å². The lowest BCUT2D eigenvalue weighted by Crippen LogP contribution is -2.46. The lowest BCUT2D eigenvalue weighted by molar-refractivity contribution is -0.121. The van der Waals surface area contributed by atoms with Crippen molar-refractivity contribution in [1.82, 2.24) is 5.32 Å². The quantitative estimate of drug-likeness (QED) is 0.872. The number of hydrogen-bond donors (Lipinski definition) is 1. The van der Waals surface area contributed by atoms with Crippen LogP contribution < -0.4 is 5.32 Å². The molecule has 0 bridgehead atoms. The van der Waals surface area contributed by atoms with Gasteiger partial charge in [-0.25, -0.2) is 12.8 Å². The van der Waals surface area contributed by atoms with Gasteiger partial charge in [0.05, 0.1) is 0 Å². The summed E-state index contributed by atoms with van der Waals surface area (Å²) in [5.41, 5.74) is 0.891. The monoisotopic (exact) mass is 315 g/mol. The largest absolute Gasteiger partial charge is 0.352 e. The first kappa shape index (κ1) is 17.6. The van der Waals surface area contributed by atoms with Crippen molar-refractivity contribution in [2.75, 3.05) is 6.26 Å². The van der Waals surface area contributed by atoms with Crippen LogP contribution in [-0.4, -0.2) is 31.9 Å². The highest BCUT2D eigenvalue weighted by Crippen LogP contribution is 2.12. The highest BCUT2D eigenvalue weighted by molar-refractivity contribution is 7.92. The molecule has 6 heteroatoms. The molecule has 0 spiro atoms. The second kappa shape index (κ2) is 7.02. The number of halogens is 1. The summed E-state index contributed by atoms with van der Waals surface area (Å²) in [7, 11) is -3.41. The van der Waals surface area contributed by atoms with E-state index < -0.39 is 21.0 Å². The molecule has 0 fully saturated rings. The number of rotatable bonds is 6. The molecule has 0 radical (unpaired) electrons. The molecule has 4 nitrogen and oxygen atoms in total. The maximum absolute atomic E-state index is 12.9. The van der Waals surface area contributed by atoms with Gasteiger partial charge in [-0.05, 0) is 37.0 Å². The molecule has 1 aromatic carbocycles.